The minimum atomic E-state index is 0.221. The van der Waals surface area contributed by atoms with Gasteiger partial charge in [-0.25, -0.2) is 0 Å². The van der Waals surface area contributed by atoms with E-state index >= 15 is 0 Å². The second-order valence-corrected chi connectivity index (χ2v) is 5.37. The Morgan fingerprint density at radius 3 is 3.00 bits per heavy atom. The lowest BCUT2D eigenvalue weighted by Gasteiger charge is -2.11. The molecule has 1 atom stereocenters. The lowest BCUT2D eigenvalue weighted by atomic mass is 10.1. The number of aromatic amines is 1. The van der Waals surface area contributed by atoms with Gasteiger partial charge in [-0.05, 0) is 37.1 Å². The highest BCUT2D eigenvalue weighted by molar-refractivity contribution is 6.30. The molecule has 3 rings (SSSR count). The Kier molecular flexibility index (Phi) is 3.16. The SMILES string of the molecule is Cc1cc(Cl)ccc1-c1nc(N2CCC(N)C2)n[nH]1. The fourth-order valence-corrected chi connectivity index (χ4v) is 2.60. The average molecular weight is 278 g/mol. The summed E-state index contributed by atoms with van der Waals surface area (Å²) in [6.45, 7) is 3.74. The van der Waals surface area contributed by atoms with Crippen molar-refractivity contribution in [2.45, 2.75) is 19.4 Å². The average Bonchev–Trinajstić information content (AvgIpc) is 2.97. The number of hydrogen-bond acceptors (Lipinski definition) is 4. The van der Waals surface area contributed by atoms with Crippen LogP contribution in [0, 0.1) is 6.92 Å². The Hall–Kier alpha value is -1.59. The van der Waals surface area contributed by atoms with E-state index < -0.39 is 0 Å². The van der Waals surface area contributed by atoms with Crippen molar-refractivity contribution in [3.8, 4) is 11.4 Å². The molecule has 100 valence electrons. The zero-order valence-corrected chi connectivity index (χ0v) is 11.5. The third-order valence-electron chi connectivity index (χ3n) is 3.42. The van der Waals surface area contributed by atoms with E-state index in [9.17, 15) is 0 Å². The number of nitrogens with two attached hydrogens (primary N) is 1. The summed E-state index contributed by atoms with van der Waals surface area (Å²) >= 11 is 5.96. The fraction of sp³-hybridized carbons (Fsp3) is 0.385. The van der Waals surface area contributed by atoms with Gasteiger partial charge in [0.1, 0.15) is 0 Å². The monoisotopic (exact) mass is 277 g/mol. The Bertz CT molecular complexity index is 594. The number of H-pyrrole nitrogens is 1. The van der Waals surface area contributed by atoms with Gasteiger partial charge in [-0.15, -0.1) is 5.10 Å². The summed E-state index contributed by atoms with van der Waals surface area (Å²) in [4.78, 5) is 6.66. The minimum absolute atomic E-state index is 0.221. The first-order valence-electron chi connectivity index (χ1n) is 6.33. The molecule has 5 nitrogen and oxygen atoms in total. The second kappa shape index (κ2) is 4.83. The molecule has 1 aliphatic rings. The van der Waals surface area contributed by atoms with E-state index in [0.29, 0.717) is 0 Å². The summed E-state index contributed by atoms with van der Waals surface area (Å²) in [5.74, 6) is 1.49. The van der Waals surface area contributed by atoms with Crippen molar-refractivity contribution in [2.75, 3.05) is 18.0 Å². The van der Waals surface area contributed by atoms with E-state index in [-0.39, 0.29) is 6.04 Å². The molecular formula is C13H16ClN5. The number of anilines is 1. The van der Waals surface area contributed by atoms with Crippen molar-refractivity contribution in [1.29, 1.82) is 0 Å². The molecule has 1 unspecified atom stereocenters. The summed E-state index contributed by atoms with van der Waals surface area (Å²) in [5, 5.41) is 7.99. The van der Waals surface area contributed by atoms with Gasteiger partial charge in [0.15, 0.2) is 5.82 Å². The van der Waals surface area contributed by atoms with Crippen LogP contribution in [-0.2, 0) is 0 Å². The molecule has 2 heterocycles. The van der Waals surface area contributed by atoms with E-state index in [0.717, 1.165) is 47.4 Å². The van der Waals surface area contributed by atoms with E-state index in [1.165, 1.54) is 0 Å². The molecule has 3 N–H and O–H groups in total. The van der Waals surface area contributed by atoms with Crippen LogP contribution >= 0.6 is 11.6 Å². The van der Waals surface area contributed by atoms with Crippen molar-refractivity contribution < 1.29 is 0 Å². The number of halogens is 1. The van der Waals surface area contributed by atoms with Crippen LogP contribution in [0.5, 0.6) is 0 Å². The molecule has 2 aromatic rings. The van der Waals surface area contributed by atoms with Crippen molar-refractivity contribution in [1.82, 2.24) is 15.2 Å². The zero-order valence-electron chi connectivity index (χ0n) is 10.7. The van der Waals surface area contributed by atoms with Crippen molar-refractivity contribution in [3.63, 3.8) is 0 Å². The molecular weight excluding hydrogens is 262 g/mol. The number of nitrogens with zero attached hydrogens (tertiary/aromatic N) is 3. The summed E-state index contributed by atoms with van der Waals surface area (Å²) in [6, 6.07) is 5.96. The molecule has 0 aliphatic carbocycles. The quantitative estimate of drug-likeness (QED) is 0.880. The fourth-order valence-electron chi connectivity index (χ4n) is 2.38. The summed E-state index contributed by atoms with van der Waals surface area (Å²) < 4.78 is 0. The van der Waals surface area contributed by atoms with Gasteiger partial charge in [0.05, 0.1) is 0 Å². The normalized spacial score (nSPS) is 19.1. The maximum absolute atomic E-state index is 5.96. The number of benzene rings is 1. The highest BCUT2D eigenvalue weighted by Gasteiger charge is 2.22. The van der Waals surface area contributed by atoms with Crippen LogP contribution in [0.2, 0.25) is 5.02 Å². The van der Waals surface area contributed by atoms with Crippen molar-refractivity contribution >= 4 is 17.5 Å². The standard InChI is InChI=1S/C13H16ClN5/c1-8-6-9(14)2-3-11(8)12-16-13(18-17-12)19-5-4-10(15)7-19/h2-3,6,10H,4-5,7,15H2,1H3,(H,16,17,18). The Morgan fingerprint density at radius 2 is 2.32 bits per heavy atom. The maximum Gasteiger partial charge on any atom is 0.245 e. The number of nitrogens with one attached hydrogen (secondary N) is 1. The van der Waals surface area contributed by atoms with Crippen LogP contribution in [0.3, 0.4) is 0 Å². The molecule has 1 aliphatic heterocycles. The van der Waals surface area contributed by atoms with Gasteiger partial charge in [-0.1, -0.05) is 11.6 Å². The van der Waals surface area contributed by atoms with E-state index in [1.807, 2.05) is 25.1 Å². The second-order valence-electron chi connectivity index (χ2n) is 4.94. The number of aromatic nitrogens is 3. The highest BCUT2D eigenvalue weighted by atomic mass is 35.5. The highest BCUT2D eigenvalue weighted by Crippen LogP contribution is 2.25. The molecule has 6 heteroatoms. The molecule has 0 amide bonds. The topological polar surface area (TPSA) is 70.8 Å². The van der Waals surface area contributed by atoms with Crippen molar-refractivity contribution in [3.05, 3.63) is 28.8 Å². The summed E-state index contributed by atoms with van der Waals surface area (Å²) in [7, 11) is 0. The first-order chi connectivity index (χ1) is 9.13. The first-order valence-corrected chi connectivity index (χ1v) is 6.71. The van der Waals surface area contributed by atoms with E-state index in [4.69, 9.17) is 17.3 Å². The van der Waals surface area contributed by atoms with Crippen LogP contribution < -0.4 is 10.6 Å². The van der Waals surface area contributed by atoms with Crippen LogP contribution in [0.25, 0.3) is 11.4 Å². The Balaban J connectivity index is 1.88. The van der Waals surface area contributed by atoms with Gasteiger partial charge < -0.3 is 10.6 Å². The van der Waals surface area contributed by atoms with Crippen molar-refractivity contribution in [2.24, 2.45) is 5.73 Å². The smallest absolute Gasteiger partial charge is 0.245 e. The third-order valence-corrected chi connectivity index (χ3v) is 3.66. The lowest BCUT2D eigenvalue weighted by Crippen LogP contribution is -2.26. The molecule has 0 saturated carbocycles. The van der Waals surface area contributed by atoms with Crippen LogP contribution in [0.15, 0.2) is 18.2 Å². The lowest BCUT2D eigenvalue weighted by molar-refractivity contribution is 0.750. The van der Waals surface area contributed by atoms with Gasteiger partial charge in [0, 0.05) is 29.7 Å². The van der Waals surface area contributed by atoms with Crippen LogP contribution in [0.4, 0.5) is 5.95 Å². The van der Waals surface area contributed by atoms with Gasteiger partial charge in [0.2, 0.25) is 5.95 Å². The van der Waals surface area contributed by atoms with Gasteiger partial charge >= 0.3 is 0 Å². The molecule has 1 fully saturated rings. The number of aryl methyl sites for hydroxylation is 1. The van der Waals surface area contributed by atoms with E-state index in [2.05, 4.69) is 20.1 Å². The van der Waals surface area contributed by atoms with Gasteiger partial charge in [-0.2, -0.15) is 4.98 Å². The molecule has 1 aromatic carbocycles. The van der Waals surface area contributed by atoms with Crippen LogP contribution in [0.1, 0.15) is 12.0 Å². The summed E-state index contributed by atoms with van der Waals surface area (Å²) in [5.41, 5.74) is 8.00. The number of rotatable bonds is 2. The first kappa shape index (κ1) is 12.4. The predicted molar refractivity (Wildman–Crippen MR) is 76.4 cm³/mol. The van der Waals surface area contributed by atoms with Gasteiger partial charge in [0.25, 0.3) is 0 Å². The number of hydrogen-bond donors (Lipinski definition) is 2. The zero-order chi connectivity index (χ0) is 13.4. The van der Waals surface area contributed by atoms with Gasteiger partial charge in [-0.3, -0.25) is 5.10 Å². The summed E-state index contributed by atoms with van der Waals surface area (Å²) in [6.07, 6.45) is 0.990. The Labute approximate surface area is 116 Å². The molecule has 1 saturated heterocycles. The van der Waals surface area contributed by atoms with E-state index in [1.54, 1.807) is 0 Å². The molecule has 0 radical (unpaired) electrons. The minimum Gasteiger partial charge on any atom is -0.338 e. The maximum atomic E-state index is 5.96. The molecule has 0 spiro atoms. The largest absolute Gasteiger partial charge is 0.338 e. The molecule has 1 aromatic heterocycles. The Morgan fingerprint density at radius 1 is 1.47 bits per heavy atom. The van der Waals surface area contributed by atoms with Crippen LogP contribution in [-0.4, -0.2) is 34.3 Å². The molecule has 0 bridgehead atoms. The predicted octanol–water partition coefficient (Wildman–Crippen LogP) is 1.97. The molecule has 19 heavy (non-hydrogen) atoms. The third kappa shape index (κ3) is 2.43.